The standard InChI is InChI=1S/C10H9ClN2S/c1-6(14)10-12-5-7-8(11)3-2-4-9(7)13-10/h2-6,14H,1H3. The highest BCUT2D eigenvalue weighted by molar-refractivity contribution is 7.80. The van der Waals surface area contributed by atoms with Gasteiger partial charge in [-0.15, -0.1) is 0 Å². The molecule has 1 atom stereocenters. The van der Waals surface area contributed by atoms with Crippen molar-refractivity contribution < 1.29 is 0 Å². The van der Waals surface area contributed by atoms with Gasteiger partial charge in [0.15, 0.2) is 0 Å². The Bertz CT molecular complexity index is 471. The molecule has 0 N–H and O–H groups in total. The average molecular weight is 225 g/mol. The minimum atomic E-state index is 0.0402. The second-order valence-electron chi connectivity index (χ2n) is 3.08. The third-order valence-electron chi connectivity index (χ3n) is 1.96. The van der Waals surface area contributed by atoms with E-state index in [-0.39, 0.29) is 5.25 Å². The van der Waals surface area contributed by atoms with Crippen molar-refractivity contribution in [3.05, 3.63) is 35.2 Å². The van der Waals surface area contributed by atoms with Gasteiger partial charge >= 0.3 is 0 Å². The highest BCUT2D eigenvalue weighted by Gasteiger charge is 2.05. The number of benzene rings is 1. The van der Waals surface area contributed by atoms with E-state index in [0.717, 1.165) is 16.7 Å². The molecule has 2 nitrogen and oxygen atoms in total. The highest BCUT2D eigenvalue weighted by Crippen LogP contribution is 2.23. The van der Waals surface area contributed by atoms with Crippen LogP contribution in [0.15, 0.2) is 24.4 Å². The molecular weight excluding hydrogens is 216 g/mol. The summed E-state index contributed by atoms with van der Waals surface area (Å²) in [5.41, 5.74) is 0.864. The first-order valence-corrected chi connectivity index (χ1v) is 5.17. The minimum absolute atomic E-state index is 0.0402. The molecule has 0 saturated heterocycles. The Morgan fingerprint density at radius 3 is 2.93 bits per heavy atom. The second-order valence-corrected chi connectivity index (χ2v) is 4.26. The predicted octanol–water partition coefficient (Wildman–Crippen LogP) is 3.27. The van der Waals surface area contributed by atoms with E-state index in [1.54, 1.807) is 6.20 Å². The Morgan fingerprint density at radius 1 is 1.43 bits per heavy atom. The highest BCUT2D eigenvalue weighted by atomic mass is 35.5. The van der Waals surface area contributed by atoms with Gasteiger partial charge in [-0.2, -0.15) is 12.6 Å². The molecule has 1 aromatic carbocycles. The summed E-state index contributed by atoms with van der Waals surface area (Å²) >= 11 is 10.3. The summed E-state index contributed by atoms with van der Waals surface area (Å²) in [5, 5.41) is 1.60. The monoisotopic (exact) mass is 224 g/mol. The van der Waals surface area contributed by atoms with Crippen molar-refractivity contribution in [2.75, 3.05) is 0 Å². The zero-order valence-corrected chi connectivity index (χ0v) is 9.26. The molecule has 2 aromatic rings. The molecule has 0 spiro atoms. The molecule has 14 heavy (non-hydrogen) atoms. The summed E-state index contributed by atoms with van der Waals surface area (Å²) in [6.45, 7) is 1.94. The number of rotatable bonds is 1. The van der Waals surface area contributed by atoms with E-state index in [2.05, 4.69) is 22.6 Å². The van der Waals surface area contributed by atoms with Crippen LogP contribution in [0.5, 0.6) is 0 Å². The van der Waals surface area contributed by atoms with E-state index in [0.29, 0.717) is 5.02 Å². The molecule has 0 amide bonds. The topological polar surface area (TPSA) is 25.8 Å². The van der Waals surface area contributed by atoms with Crippen molar-refractivity contribution in [1.82, 2.24) is 9.97 Å². The van der Waals surface area contributed by atoms with Crippen molar-refractivity contribution >= 4 is 35.1 Å². The Labute approximate surface area is 92.7 Å². The molecule has 2 rings (SSSR count). The molecule has 1 aromatic heterocycles. The van der Waals surface area contributed by atoms with Crippen LogP contribution < -0.4 is 0 Å². The number of hydrogen-bond acceptors (Lipinski definition) is 3. The van der Waals surface area contributed by atoms with Crippen LogP contribution in [0.4, 0.5) is 0 Å². The van der Waals surface area contributed by atoms with Crippen LogP contribution in [0.3, 0.4) is 0 Å². The Hall–Kier alpha value is -0.800. The third kappa shape index (κ3) is 1.70. The van der Waals surface area contributed by atoms with Gasteiger partial charge in [-0.3, -0.25) is 0 Å². The van der Waals surface area contributed by atoms with Crippen LogP contribution in [0, 0.1) is 0 Å². The lowest BCUT2D eigenvalue weighted by Gasteiger charge is -2.04. The fraction of sp³-hybridized carbons (Fsp3) is 0.200. The largest absolute Gasteiger partial charge is 0.239 e. The summed E-state index contributed by atoms with van der Waals surface area (Å²) in [5.74, 6) is 0.725. The maximum atomic E-state index is 5.99. The molecule has 0 aliphatic rings. The molecule has 1 heterocycles. The fourth-order valence-corrected chi connectivity index (χ4v) is 1.58. The van der Waals surface area contributed by atoms with Gasteiger partial charge in [-0.25, -0.2) is 9.97 Å². The molecule has 0 saturated carbocycles. The fourth-order valence-electron chi connectivity index (χ4n) is 1.24. The van der Waals surface area contributed by atoms with E-state index in [1.807, 2.05) is 25.1 Å². The van der Waals surface area contributed by atoms with Crippen LogP contribution in [-0.4, -0.2) is 9.97 Å². The average Bonchev–Trinajstić information content (AvgIpc) is 2.17. The molecule has 0 fully saturated rings. The van der Waals surface area contributed by atoms with Gasteiger partial charge in [0.05, 0.1) is 15.8 Å². The molecule has 0 bridgehead atoms. The first-order chi connectivity index (χ1) is 6.68. The van der Waals surface area contributed by atoms with Crippen molar-refractivity contribution in [1.29, 1.82) is 0 Å². The molecule has 0 aliphatic heterocycles. The Morgan fingerprint density at radius 2 is 2.21 bits per heavy atom. The van der Waals surface area contributed by atoms with Crippen molar-refractivity contribution in [3.8, 4) is 0 Å². The summed E-state index contributed by atoms with van der Waals surface area (Å²) in [4.78, 5) is 8.56. The molecule has 0 radical (unpaired) electrons. The van der Waals surface area contributed by atoms with Gasteiger partial charge in [0, 0.05) is 11.6 Å². The zero-order valence-electron chi connectivity index (χ0n) is 7.61. The summed E-state index contributed by atoms with van der Waals surface area (Å²) in [6, 6.07) is 5.63. The van der Waals surface area contributed by atoms with Gasteiger partial charge in [0.25, 0.3) is 0 Å². The Balaban J connectivity index is 2.67. The number of halogens is 1. The first-order valence-electron chi connectivity index (χ1n) is 4.27. The summed E-state index contributed by atoms with van der Waals surface area (Å²) in [6.07, 6.45) is 1.74. The van der Waals surface area contributed by atoms with Crippen molar-refractivity contribution in [2.45, 2.75) is 12.2 Å². The van der Waals surface area contributed by atoms with Crippen molar-refractivity contribution in [2.24, 2.45) is 0 Å². The summed E-state index contributed by atoms with van der Waals surface area (Å²) < 4.78 is 0. The van der Waals surface area contributed by atoms with Gasteiger partial charge < -0.3 is 0 Å². The van der Waals surface area contributed by atoms with Crippen LogP contribution in [-0.2, 0) is 0 Å². The number of aromatic nitrogens is 2. The smallest absolute Gasteiger partial charge is 0.141 e. The first kappa shape index (κ1) is 9.74. The maximum Gasteiger partial charge on any atom is 0.141 e. The van der Waals surface area contributed by atoms with E-state index in [1.165, 1.54) is 0 Å². The van der Waals surface area contributed by atoms with Crippen LogP contribution in [0.25, 0.3) is 10.9 Å². The number of hydrogen-bond donors (Lipinski definition) is 1. The lowest BCUT2D eigenvalue weighted by Crippen LogP contribution is -1.95. The Kier molecular flexibility index (Phi) is 2.61. The van der Waals surface area contributed by atoms with E-state index in [4.69, 9.17) is 11.6 Å². The molecule has 1 unspecified atom stereocenters. The van der Waals surface area contributed by atoms with E-state index < -0.39 is 0 Å². The third-order valence-corrected chi connectivity index (χ3v) is 2.53. The lowest BCUT2D eigenvalue weighted by atomic mass is 10.2. The van der Waals surface area contributed by atoms with Crippen LogP contribution in [0.1, 0.15) is 18.0 Å². The molecule has 0 aliphatic carbocycles. The van der Waals surface area contributed by atoms with Gasteiger partial charge in [-0.05, 0) is 19.1 Å². The number of thiol groups is 1. The van der Waals surface area contributed by atoms with E-state index >= 15 is 0 Å². The lowest BCUT2D eigenvalue weighted by molar-refractivity contribution is 0.944. The SMILES string of the molecule is CC(S)c1ncc2c(Cl)cccc2n1. The van der Waals surface area contributed by atoms with Crippen molar-refractivity contribution in [3.63, 3.8) is 0 Å². The van der Waals surface area contributed by atoms with Gasteiger partial charge in [0.2, 0.25) is 0 Å². The van der Waals surface area contributed by atoms with Gasteiger partial charge in [-0.1, -0.05) is 17.7 Å². The van der Waals surface area contributed by atoms with Gasteiger partial charge in [0.1, 0.15) is 5.82 Å². The zero-order chi connectivity index (χ0) is 10.1. The van der Waals surface area contributed by atoms with E-state index in [9.17, 15) is 0 Å². The number of nitrogens with zero attached hydrogens (tertiary/aromatic N) is 2. The minimum Gasteiger partial charge on any atom is -0.239 e. The molecular formula is C10H9ClN2S. The molecule has 4 heteroatoms. The number of fused-ring (bicyclic) bond motifs is 1. The quantitative estimate of drug-likeness (QED) is 0.753. The summed E-state index contributed by atoms with van der Waals surface area (Å²) in [7, 11) is 0. The molecule has 72 valence electrons. The van der Waals surface area contributed by atoms with Crippen LogP contribution in [0.2, 0.25) is 5.02 Å². The maximum absolute atomic E-state index is 5.99. The predicted molar refractivity (Wildman–Crippen MR) is 61.9 cm³/mol. The van der Waals surface area contributed by atoms with Crippen LogP contribution >= 0.6 is 24.2 Å². The normalized spacial score (nSPS) is 13.1. The second kappa shape index (κ2) is 3.75.